The van der Waals surface area contributed by atoms with E-state index >= 15 is 0 Å². The van der Waals surface area contributed by atoms with E-state index in [1.54, 1.807) is 18.2 Å². The Morgan fingerprint density at radius 2 is 2.05 bits per heavy atom. The third-order valence-electron chi connectivity index (χ3n) is 3.41. The second kappa shape index (κ2) is 6.14. The molecule has 1 atom stereocenters. The first-order chi connectivity index (χ1) is 9.90. The molecule has 2 aromatic carbocycles. The molecule has 1 amide bonds. The van der Waals surface area contributed by atoms with Crippen LogP contribution in [0.15, 0.2) is 36.4 Å². The summed E-state index contributed by atoms with van der Waals surface area (Å²) in [6.45, 7) is 3.72. The molecule has 2 rings (SSSR count). The van der Waals surface area contributed by atoms with Crippen LogP contribution in [-0.2, 0) is 0 Å². The lowest BCUT2D eigenvalue weighted by Gasteiger charge is -2.18. The van der Waals surface area contributed by atoms with E-state index in [2.05, 4.69) is 5.32 Å². The van der Waals surface area contributed by atoms with E-state index in [9.17, 15) is 9.18 Å². The quantitative estimate of drug-likeness (QED) is 0.895. The number of nitrogens with two attached hydrogens (primary N) is 1. The minimum atomic E-state index is -0.471. The molecule has 0 heterocycles. The zero-order valence-electron chi connectivity index (χ0n) is 11.8. The SMILES string of the molecule is Cc1c(NC(C)c2ccc(Cl)c(F)c2)cccc1C(N)=O. The van der Waals surface area contributed by atoms with E-state index in [1.165, 1.54) is 12.1 Å². The summed E-state index contributed by atoms with van der Waals surface area (Å²) in [7, 11) is 0. The third-order valence-corrected chi connectivity index (χ3v) is 3.72. The fourth-order valence-electron chi connectivity index (χ4n) is 2.16. The summed E-state index contributed by atoms with van der Waals surface area (Å²) in [6, 6.07) is 9.82. The molecule has 0 aliphatic carbocycles. The number of primary amides is 1. The maximum Gasteiger partial charge on any atom is 0.249 e. The van der Waals surface area contributed by atoms with Crippen molar-refractivity contribution in [3.63, 3.8) is 0 Å². The van der Waals surface area contributed by atoms with Crippen molar-refractivity contribution in [1.82, 2.24) is 0 Å². The monoisotopic (exact) mass is 306 g/mol. The van der Waals surface area contributed by atoms with Gasteiger partial charge in [0.15, 0.2) is 0 Å². The summed E-state index contributed by atoms with van der Waals surface area (Å²) in [5, 5.41) is 3.35. The van der Waals surface area contributed by atoms with Crippen LogP contribution in [0.3, 0.4) is 0 Å². The van der Waals surface area contributed by atoms with Gasteiger partial charge in [-0.05, 0) is 49.2 Å². The van der Waals surface area contributed by atoms with Crippen LogP contribution in [-0.4, -0.2) is 5.91 Å². The molecule has 0 aliphatic rings. The van der Waals surface area contributed by atoms with Gasteiger partial charge in [-0.25, -0.2) is 4.39 Å². The van der Waals surface area contributed by atoms with Gasteiger partial charge in [-0.2, -0.15) is 0 Å². The minimum Gasteiger partial charge on any atom is -0.378 e. The normalized spacial score (nSPS) is 12.0. The smallest absolute Gasteiger partial charge is 0.249 e. The maximum atomic E-state index is 13.5. The van der Waals surface area contributed by atoms with Gasteiger partial charge in [0, 0.05) is 17.3 Å². The minimum absolute atomic E-state index is 0.0952. The number of carbonyl (C=O) groups is 1. The number of nitrogens with one attached hydrogen (secondary N) is 1. The molecular weight excluding hydrogens is 291 g/mol. The topological polar surface area (TPSA) is 55.1 Å². The molecule has 5 heteroatoms. The van der Waals surface area contributed by atoms with Crippen molar-refractivity contribution in [1.29, 1.82) is 0 Å². The Morgan fingerprint density at radius 1 is 1.33 bits per heavy atom. The van der Waals surface area contributed by atoms with Crippen LogP contribution < -0.4 is 11.1 Å². The van der Waals surface area contributed by atoms with Crippen LogP contribution in [0.25, 0.3) is 0 Å². The molecule has 1 unspecified atom stereocenters. The number of carbonyl (C=O) groups excluding carboxylic acids is 1. The second-order valence-electron chi connectivity index (χ2n) is 4.88. The van der Waals surface area contributed by atoms with E-state index < -0.39 is 11.7 Å². The molecule has 0 saturated heterocycles. The van der Waals surface area contributed by atoms with Crippen LogP contribution in [0.5, 0.6) is 0 Å². The summed E-state index contributed by atoms with van der Waals surface area (Å²) in [6.07, 6.45) is 0. The number of anilines is 1. The van der Waals surface area contributed by atoms with Crippen molar-refractivity contribution in [3.8, 4) is 0 Å². The summed E-state index contributed by atoms with van der Waals surface area (Å²) in [5.74, 6) is -0.924. The molecule has 0 fully saturated rings. The lowest BCUT2D eigenvalue weighted by Crippen LogP contribution is -2.15. The standard InChI is InChI=1S/C16H16ClFN2O/c1-9-12(16(19)21)4-3-5-15(9)20-10(2)11-6-7-13(17)14(18)8-11/h3-8,10,20H,1-2H3,(H2,19,21). The van der Waals surface area contributed by atoms with Crippen molar-refractivity contribution >= 4 is 23.2 Å². The van der Waals surface area contributed by atoms with E-state index in [1.807, 2.05) is 19.9 Å². The average Bonchev–Trinajstić information content (AvgIpc) is 2.43. The Kier molecular flexibility index (Phi) is 4.48. The van der Waals surface area contributed by atoms with Crippen molar-refractivity contribution in [2.45, 2.75) is 19.9 Å². The van der Waals surface area contributed by atoms with E-state index in [0.29, 0.717) is 5.56 Å². The van der Waals surface area contributed by atoms with Crippen LogP contribution in [0.1, 0.15) is 34.5 Å². The number of amides is 1. The van der Waals surface area contributed by atoms with Crippen molar-refractivity contribution in [2.75, 3.05) is 5.32 Å². The lowest BCUT2D eigenvalue weighted by molar-refractivity contribution is 0.1000. The van der Waals surface area contributed by atoms with Gasteiger partial charge in [-0.15, -0.1) is 0 Å². The van der Waals surface area contributed by atoms with E-state index in [0.717, 1.165) is 16.8 Å². The third kappa shape index (κ3) is 3.34. The number of halogens is 2. The number of benzene rings is 2. The molecule has 0 bridgehead atoms. The maximum absolute atomic E-state index is 13.5. The van der Waals surface area contributed by atoms with E-state index in [4.69, 9.17) is 17.3 Å². The summed E-state index contributed by atoms with van der Waals surface area (Å²) in [5.41, 5.74) is 8.12. The fraction of sp³-hybridized carbons (Fsp3) is 0.188. The Morgan fingerprint density at radius 3 is 2.67 bits per heavy atom. The van der Waals surface area contributed by atoms with Gasteiger partial charge >= 0.3 is 0 Å². The van der Waals surface area contributed by atoms with Crippen molar-refractivity contribution in [2.24, 2.45) is 5.73 Å². The first-order valence-electron chi connectivity index (χ1n) is 6.51. The van der Waals surface area contributed by atoms with Crippen molar-refractivity contribution in [3.05, 3.63) is 63.9 Å². The molecule has 3 nitrogen and oxygen atoms in total. The Balaban J connectivity index is 2.27. The highest BCUT2D eigenvalue weighted by Gasteiger charge is 2.12. The highest BCUT2D eigenvalue weighted by atomic mass is 35.5. The van der Waals surface area contributed by atoms with Crippen LogP contribution in [0.4, 0.5) is 10.1 Å². The van der Waals surface area contributed by atoms with Gasteiger partial charge < -0.3 is 11.1 Å². The molecule has 0 aliphatic heterocycles. The molecule has 3 N–H and O–H groups in total. The van der Waals surface area contributed by atoms with Crippen molar-refractivity contribution < 1.29 is 9.18 Å². The lowest BCUT2D eigenvalue weighted by atomic mass is 10.0. The first-order valence-corrected chi connectivity index (χ1v) is 6.89. The molecule has 0 radical (unpaired) electrons. The zero-order chi connectivity index (χ0) is 15.6. The van der Waals surface area contributed by atoms with Crippen LogP contribution in [0.2, 0.25) is 5.02 Å². The van der Waals surface area contributed by atoms with Gasteiger partial charge in [-0.3, -0.25) is 4.79 Å². The predicted molar refractivity (Wildman–Crippen MR) is 83.1 cm³/mol. The first kappa shape index (κ1) is 15.3. The highest BCUT2D eigenvalue weighted by Crippen LogP contribution is 2.26. The Hall–Kier alpha value is -2.07. The molecule has 0 spiro atoms. The van der Waals surface area contributed by atoms with Crippen LogP contribution in [0, 0.1) is 12.7 Å². The Bertz CT molecular complexity index is 688. The second-order valence-corrected chi connectivity index (χ2v) is 5.29. The summed E-state index contributed by atoms with van der Waals surface area (Å²) >= 11 is 5.68. The molecule has 21 heavy (non-hydrogen) atoms. The number of rotatable bonds is 4. The van der Waals surface area contributed by atoms with Gasteiger partial charge in [0.2, 0.25) is 5.91 Å². The highest BCUT2D eigenvalue weighted by molar-refractivity contribution is 6.30. The molecule has 0 saturated carbocycles. The number of hydrogen-bond donors (Lipinski definition) is 2. The largest absolute Gasteiger partial charge is 0.378 e. The summed E-state index contributed by atoms with van der Waals surface area (Å²) in [4.78, 5) is 11.3. The molecule has 0 aromatic heterocycles. The Labute approximate surface area is 127 Å². The fourth-order valence-corrected chi connectivity index (χ4v) is 2.27. The number of hydrogen-bond acceptors (Lipinski definition) is 2. The predicted octanol–water partition coefficient (Wildman–Crippen LogP) is 4.06. The van der Waals surface area contributed by atoms with Gasteiger partial charge in [0.05, 0.1) is 5.02 Å². The molecule has 110 valence electrons. The molecule has 2 aromatic rings. The average molecular weight is 307 g/mol. The van der Waals surface area contributed by atoms with Crippen LogP contribution >= 0.6 is 11.6 Å². The van der Waals surface area contributed by atoms with E-state index in [-0.39, 0.29) is 11.1 Å². The van der Waals surface area contributed by atoms with Gasteiger partial charge in [-0.1, -0.05) is 23.7 Å². The van der Waals surface area contributed by atoms with Gasteiger partial charge in [0.25, 0.3) is 0 Å². The zero-order valence-corrected chi connectivity index (χ0v) is 12.5. The summed E-state index contributed by atoms with van der Waals surface area (Å²) < 4.78 is 13.5. The van der Waals surface area contributed by atoms with Gasteiger partial charge in [0.1, 0.15) is 5.82 Å². The molecular formula is C16H16ClFN2O.